The third kappa shape index (κ3) is 2.19. The molecule has 2 amide bonds. The molecule has 0 saturated heterocycles. The summed E-state index contributed by atoms with van der Waals surface area (Å²) in [5.74, 6) is -0.617. The second-order valence-corrected chi connectivity index (χ2v) is 3.09. The number of fused-ring (bicyclic) bond motifs is 1. The van der Waals surface area contributed by atoms with Crippen LogP contribution >= 0.6 is 0 Å². The van der Waals surface area contributed by atoms with E-state index in [4.69, 9.17) is 0 Å². The lowest BCUT2D eigenvalue weighted by Gasteiger charge is -1.96. The minimum atomic E-state index is -0.309. The van der Waals surface area contributed by atoms with E-state index < -0.39 is 0 Å². The molecular formula is C13H15NO2. The van der Waals surface area contributed by atoms with Crippen LogP contribution in [0.2, 0.25) is 0 Å². The number of imide groups is 1. The predicted molar refractivity (Wildman–Crippen MR) is 64.3 cm³/mol. The van der Waals surface area contributed by atoms with E-state index in [0.29, 0.717) is 11.1 Å². The van der Waals surface area contributed by atoms with Crippen LogP contribution in [0.15, 0.2) is 24.3 Å². The zero-order valence-corrected chi connectivity index (χ0v) is 9.70. The van der Waals surface area contributed by atoms with Crippen LogP contribution in [0, 0.1) is 0 Å². The Labute approximate surface area is 95.2 Å². The van der Waals surface area contributed by atoms with Gasteiger partial charge in [-0.3, -0.25) is 14.9 Å². The molecule has 1 heterocycles. The molecule has 1 aliphatic heterocycles. The first-order valence-electron chi connectivity index (χ1n) is 5.35. The molecule has 1 N–H and O–H groups in total. The van der Waals surface area contributed by atoms with Gasteiger partial charge in [0.25, 0.3) is 11.8 Å². The van der Waals surface area contributed by atoms with Gasteiger partial charge in [-0.15, -0.1) is 0 Å². The summed E-state index contributed by atoms with van der Waals surface area (Å²) in [6.45, 7) is 5.90. The molecule has 3 heteroatoms. The zero-order valence-electron chi connectivity index (χ0n) is 9.70. The predicted octanol–water partition coefficient (Wildman–Crippen LogP) is 2.63. The van der Waals surface area contributed by atoms with Crippen LogP contribution < -0.4 is 5.32 Å². The molecule has 0 aliphatic carbocycles. The van der Waals surface area contributed by atoms with E-state index in [1.807, 2.05) is 39.0 Å². The molecule has 84 valence electrons. The molecule has 0 spiro atoms. The molecule has 1 aromatic carbocycles. The summed E-state index contributed by atoms with van der Waals surface area (Å²) in [6.07, 6.45) is 3.77. The lowest BCUT2D eigenvalue weighted by molar-refractivity contribution is 0.0879. The van der Waals surface area contributed by atoms with E-state index in [0.717, 1.165) is 5.56 Å². The molecule has 1 aromatic rings. The largest absolute Gasteiger partial charge is 0.288 e. The summed E-state index contributed by atoms with van der Waals surface area (Å²) < 4.78 is 0. The number of hydrogen-bond acceptors (Lipinski definition) is 2. The molecule has 1 aliphatic rings. The average Bonchev–Trinajstić information content (AvgIpc) is 2.58. The quantitative estimate of drug-likeness (QED) is 0.735. The van der Waals surface area contributed by atoms with Crippen molar-refractivity contribution in [1.82, 2.24) is 5.32 Å². The van der Waals surface area contributed by atoms with E-state index in [-0.39, 0.29) is 11.8 Å². The number of amides is 2. The summed E-state index contributed by atoms with van der Waals surface area (Å²) >= 11 is 0. The van der Waals surface area contributed by atoms with Gasteiger partial charge in [0, 0.05) is 0 Å². The minimum absolute atomic E-state index is 0.308. The SMILES string of the molecule is C/C=C/c1ccc2c(c1)C(=O)NC2=O.CC. The van der Waals surface area contributed by atoms with Crippen molar-refractivity contribution in [3.8, 4) is 0 Å². The van der Waals surface area contributed by atoms with Gasteiger partial charge >= 0.3 is 0 Å². The summed E-state index contributed by atoms with van der Waals surface area (Å²) in [5, 5.41) is 2.25. The zero-order chi connectivity index (χ0) is 12.1. The molecule has 3 nitrogen and oxygen atoms in total. The Morgan fingerprint density at radius 1 is 1.06 bits per heavy atom. The number of benzene rings is 1. The fourth-order valence-corrected chi connectivity index (χ4v) is 1.48. The van der Waals surface area contributed by atoms with Crippen LogP contribution in [0.5, 0.6) is 0 Å². The first kappa shape index (κ1) is 12.2. The molecular weight excluding hydrogens is 202 g/mol. The first-order valence-corrected chi connectivity index (χ1v) is 5.35. The van der Waals surface area contributed by atoms with Crippen molar-refractivity contribution < 1.29 is 9.59 Å². The maximum Gasteiger partial charge on any atom is 0.258 e. The Hall–Kier alpha value is -1.90. The van der Waals surface area contributed by atoms with Crippen LogP contribution in [-0.4, -0.2) is 11.8 Å². The van der Waals surface area contributed by atoms with Gasteiger partial charge in [0.15, 0.2) is 0 Å². The standard InChI is InChI=1S/C11H9NO2.C2H6/c1-2-3-7-4-5-8-9(6-7)11(14)12-10(8)13;1-2/h2-6H,1H3,(H,12,13,14);1-2H3/b3-2+;. The molecule has 0 radical (unpaired) electrons. The Morgan fingerprint density at radius 3 is 2.31 bits per heavy atom. The van der Waals surface area contributed by atoms with Crippen molar-refractivity contribution in [2.24, 2.45) is 0 Å². The number of carbonyl (C=O) groups is 2. The molecule has 0 bridgehead atoms. The van der Waals surface area contributed by atoms with Crippen LogP contribution in [0.3, 0.4) is 0 Å². The van der Waals surface area contributed by atoms with Crippen LogP contribution in [0.4, 0.5) is 0 Å². The van der Waals surface area contributed by atoms with E-state index in [1.165, 1.54) is 0 Å². The van der Waals surface area contributed by atoms with Gasteiger partial charge in [-0.2, -0.15) is 0 Å². The number of allylic oxidation sites excluding steroid dienone is 1. The van der Waals surface area contributed by atoms with E-state index >= 15 is 0 Å². The van der Waals surface area contributed by atoms with Gasteiger partial charge in [0.1, 0.15) is 0 Å². The van der Waals surface area contributed by atoms with Crippen LogP contribution in [0.1, 0.15) is 47.1 Å². The van der Waals surface area contributed by atoms with Crippen molar-refractivity contribution in [2.75, 3.05) is 0 Å². The van der Waals surface area contributed by atoms with Crippen molar-refractivity contribution in [3.63, 3.8) is 0 Å². The molecule has 16 heavy (non-hydrogen) atoms. The minimum Gasteiger partial charge on any atom is -0.288 e. The van der Waals surface area contributed by atoms with E-state index in [1.54, 1.807) is 12.1 Å². The van der Waals surface area contributed by atoms with Crippen molar-refractivity contribution in [2.45, 2.75) is 20.8 Å². The summed E-state index contributed by atoms with van der Waals surface area (Å²) in [4.78, 5) is 22.5. The van der Waals surface area contributed by atoms with Crippen molar-refractivity contribution >= 4 is 17.9 Å². The summed E-state index contributed by atoms with van der Waals surface area (Å²) in [5.41, 5.74) is 1.85. The third-order valence-electron chi connectivity index (χ3n) is 2.12. The molecule has 0 unspecified atom stereocenters. The maximum atomic E-state index is 11.3. The third-order valence-corrected chi connectivity index (χ3v) is 2.12. The highest BCUT2D eigenvalue weighted by atomic mass is 16.2. The fraction of sp³-hybridized carbons (Fsp3) is 0.231. The summed E-state index contributed by atoms with van der Waals surface area (Å²) in [7, 11) is 0. The number of nitrogens with one attached hydrogen (secondary N) is 1. The Kier molecular flexibility index (Phi) is 4.00. The smallest absolute Gasteiger partial charge is 0.258 e. The number of rotatable bonds is 1. The second kappa shape index (κ2) is 5.26. The second-order valence-electron chi connectivity index (χ2n) is 3.09. The lowest BCUT2D eigenvalue weighted by atomic mass is 10.1. The average molecular weight is 217 g/mol. The summed E-state index contributed by atoms with van der Waals surface area (Å²) in [6, 6.07) is 5.21. The molecule has 0 aromatic heterocycles. The highest BCUT2D eigenvalue weighted by Crippen LogP contribution is 2.17. The van der Waals surface area contributed by atoms with Gasteiger partial charge in [-0.25, -0.2) is 0 Å². The highest BCUT2D eigenvalue weighted by molar-refractivity contribution is 6.21. The van der Waals surface area contributed by atoms with Gasteiger partial charge < -0.3 is 0 Å². The lowest BCUT2D eigenvalue weighted by Crippen LogP contribution is -2.19. The normalized spacial score (nSPS) is 13.2. The van der Waals surface area contributed by atoms with Crippen molar-refractivity contribution in [3.05, 3.63) is 41.0 Å². The van der Waals surface area contributed by atoms with Gasteiger partial charge in [-0.1, -0.05) is 32.1 Å². The van der Waals surface area contributed by atoms with Gasteiger partial charge in [0.05, 0.1) is 11.1 Å². The number of hydrogen-bond donors (Lipinski definition) is 1. The molecule has 2 rings (SSSR count). The highest BCUT2D eigenvalue weighted by Gasteiger charge is 2.26. The molecule has 0 atom stereocenters. The van der Waals surface area contributed by atoms with E-state index in [2.05, 4.69) is 5.32 Å². The van der Waals surface area contributed by atoms with Crippen LogP contribution in [0.25, 0.3) is 6.08 Å². The Balaban J connectivity index is 0.000000606. The maximum absolute atomic E-state index is 11.3. The molecule has 0 saturated carbocycles. The molecule has 0 fully saturated rings. The fourth-order valence-electron chi connectivity index (χ4n) is 1.48. The number of carbonyl (C=O) groups excluding carboxylic acids is 2. The van der Waals surface area contributed by atoms with Crippen LogP contribution in [-0.2, 0) is 0 Å². The van der Waals surface area contributed by atoms with E-state index in [9.17, 15) is 9.59 Å². The first-order chi connectivity index (χ1) is 7.72. The Morgan fingerprint density at radius 2 is 1.69 bits per heavy atom. The van der Waals surface area contributed by atoms with Gasteiger partial charge in [0.2, 0.25) is 0 Å². The topological polar surface area (TPSA) is 46.2 Å². The Bertz CT molecular complexity index is 447. The monoisotopic (exact) mass is 217 g/mol. The van der Waals surface area contributed by atoms with Crippen molar-refractivity contribution in [1.29, 1.82) is 0 Å². The van der Waals surface area contributed by atoms with Gasteiger partial charge in [-0.05, 0) is 24.6 Å².